The summed E-state index contributed by atoms with van der Waals surface area (Å²) in [6, 6.07) is 6.87. The van der Waals surface area contributed by atoms with E-state index < -0.39 is 0 Å². The minimum absolute atomic E-state index is 0.0870. The summed E-state index contributed by atoms with van der Waals surface area (Å²) in [6.07, 6.45) is 3.48. The molecule has 1 N–H and O–H groups in total. The van der Waals surface area contributed by atoms with Gasteiger partial charge in [0, 0.05) is 57.5 Å². The van der Waals surface area contributed by atoms with Crippen LogP contribution in [0.4, 0.5) is 5.69 Å². The average Bonchev–Trinajstić information content (AvgIpc) is 3.46. The topological polar surface area (TPSA) is 114 Å². The Morgan fingerprint density at radius 3 is 2.65 bits per heavy atom. The number of carbonyl (C=O) groups excluding carboxylic acids is 1. The number of nitrogens with zero attached hydrogens (tertiary/aromatic N) is 4. The van der Waals surface area contributed by atoms with Crippen molar-refractivity contribution in [1.29, 1.82) is 0 Å². The zero-order valence-electron chi connectivity index (χ0n) is 17.4. The first-order chi connectivity index (χ1) is 15.1. The van der Waals surface area contributed by atoms with Crippen LogP contribution in [0.15, 0.2) is 34.9 Å². The molecule has 10 heteroatoms. The fourth-order valence-electron chi connectivity index (χ4n) is 3.95. The van der Waals surface area contributed by atoms with Crippen LogP contribution in [0.3, 0.4) is 0 Å². The molecule has 2 aliphatic rings. The lowest BCUT2D eigenvalue weighted by Gasteiger charge is -2.33. The SMILES string of the molecule is O=C(NCC1CCCO1)c1coc(CN2CCN(Cc3ccccc3[N+](=O)[O-])CC2)n1. The molecule has 3 heterocycles. The summed E-state index contributed by atoms with van der Waals surface area (Å²) in [7, 11) is 0. The summed E-state index contributed by atoms with van der Waals surface area (Å²) < 4.78 is 11.0. The van der Waals surface area contributed by atoms with E-state index in [0.29, 0.717) is 25.5 Å². The molecule has 0 radical (unpaired) electrons. The second-order valence-corrected chi connectivity index (χ2v) is 7.91. The fourth-order valence-corrected chi connectivity index (χ4v) is 3.95. The minimum Gasteiger partial charge on any atom is -0.447 e. The molecule has 166 valence electrons. The van der Waals surface area contributed by atoms with E-state index in [9.17, 15) is 14.9 Å². The van der Waals surface area contributed by atoms with Gasteiger partial charge in [0.15, 0.2) is 5.69 Å². The normalized spacial score (nSPS) is 20.1. The van der Waals surface area contributed by atoms with Crippen molar-refractivity contribution in [1.82, 2.24) is 20.1 Å². The Morgan fingerprint density at radius 1 is 1.19 bits per heavy atom. The fraction of sp³-hybridized carbons (Fsp3) is 0.524. The number of amides is 1. The van der Waals surface area contributed by atoms with Crippen molar-refractivity contribution in [2.24, 2.45) is 0 Å². The van der Waals surface area contributed by atoms with Crippen molar-refractivity contribution in [3.63, 3.8) is 0 Å². The molecule has 10 nitrogen and oxygen atoms in total. The Kier molecular flexibility index (Phi) is 6.90. The van der Waals surface area contributed by atoms with Gasteiger partial charge in [0.25, 0.3) is 11.6 Å². The van der Waals surface area contributed by atoms with Gasteiger partial charge in [0.2, 0.25) is 5.89 Å². The molecular weight excluding hydrogens is 402 g/mol. The summed E-state index contributed by atoms with van der Waals surface area (Å²) in [5.74, 6) is 0.259. The predicted molar refractivity (Wildman–Crippen MR) is 111 cm³/mol. The number of hydrogen-bond donors (Lipinski definition) is 1. The van der Waals surface area contributed by atoms with Crippen molar-refractivity contribution in [3.8, 4) is 0 Å². The molecular formula is C21H27N5O5. The first kappa shape index (κ1) is 21.4. The number of hydrogen-bond acceptors (Lipinski definition) is 8. The van der Waals surface area contributed by atoms with Gasteiger partial charge in [-0.3, -0.25) is 24.7 Å². The number of ether oxygens (including phenoxy) is 1. The monoisotopic (exact) mass is 429 g/mol. The van der Waals surface area contributed by atoms with Gasteiger partial charge in [0.1, 0.15) is 6.26 Å². The van der Waals surface area contributed by atoms with E-state index in [1.54, 1.807) is 12.1 Å². The number of rotatable bonds is 8. The maximum atomic E-state index is 12.2. The highest BCUT2D eigenvalue weighted by Gasteiger charge is 2.23. The number of aromatic nitrogens is 1. The Morgan fingerprint density at radius 2 is 1.94 bits per heavy atom. The van der Waals surface area contributed by atoms with Crippen LogP contribution in [0, 0.1) is 10.1 Å². The Balaban J connectivity index is 1.23. The quantitative estimate of drug-likeness (QED) is 0.499. The summed E-state index contributed by atoms with van der Waals surface area (Å²) in [5, 5.41) is 14.0. The van der Waals surface area contributed by atoms with Gasteiger partial charge in [0.05, 0.1) is 17.6 Å². The molecule has 2 saturated heterocycles. The smallest absolute Gasteiger partial charge is 0.273 e. The summed E-state index contributed by atoms with van der Waals surface area (Å²) in [6.45, 7) is 5.50. The summed E-state index contributed by atoms with van der Waals surface area (Å²) in [4.78, 5) is 31.8. The molecule has 2 aliphatic heterocycles. The average molecular weight is 429 g/mol. The number of oxazole rings is 1. The van der Waals surface area contributed by atoms with Gasteiger partial charge in [-0.25, -0.2) is 4.98 Å². The van der Waals surface area contributed by atoms with E-state index in [2.05, 4.69) is 20.1 Å². The van der Waals surface area contributed by atoms with Crippen molar-refractivity contribution in [2.75, 3.05) is 39.3 Å². The van der Waals surface area contributed by atoms with E-state index in [-0.39, 0.29) is 28.3 Å². The van der Waals surface area contributed by atoms with Gasteiger partial charge in [-0.15, -0.1) is 0 Å². The molecule has 1 aromatic carbocycles. The lowest BCUT2D eigenvalue weighted by Crippen LogP contribution is -2.45. The molecule has 1 unspecified atom stereocenters. The predicted octanol–water partition coefficient (Wildman–Crippen LogP) is 1.81. The van der Waals surface area contributed by atoms with E-state index in [4.69, 9.17) is 9.15 Å². The van der Waals surface area contributed by atoms with Crippen molar-refractivity contribution in [2.45, 2.75) is 32.0 Å². The van der Waals surface area contributed by atoms with Crippen LogP contribution in [0.5, 0.6) is 0 Å². The second-order valence-electron chi connectivity index (χ2n) is 7.91. The Labute approximate surface area is 180 Å². The standard InChI is InChI=1S/C21H27N5O5/c27-21(22-12-17-5-3-11-30-17)18-15-31-20(23-18)14-25-9-7-24(8-10-25)13-16-4-1-2-6-19(16)26(28)29/h1-2,4,6,15,17H,3,5,7-14H2,(H,22,27). The van der Waals surface area contributed by atoms with Crippen LogP contribution in [0.1, 0.15) is 34.8 Å². The lowest BCUT2D eigenvalue weighted by molar-refractivity contribution is -0.385. The number of nitrogens with one attached hydrogen (secondary N) is 1. The number of nitro groups is 1. The summed E-state index contributed by atoms with van der Waals surface area (Å²) >= 11 is 0. The highest BCUT2D eigenvalue weighted by atomic mass is 16.6. The number of para-hydroxylation sites is 1. The molecule has 1 aromatic heterocycles. The number of nitro benzene ring substituents is 1. The van der Waals surface area contributed by atoms with Gasteiger partial charge in [-0.2, -0.15) is 0 Å². The highest BCUT2D eigenvalue weighted by molar-refractivity contribution is 5.91. The van der Waals surface area contributed by atoms with Crippen LogP contribution in [0.2, 0.25) is 0 Å². The van der Waals surface area contributed by atoms with Gasteiger partial charge < -0.3 is 14.5 Å². The van der Waals surface area contributed by atoms with Crippen LogP contribution in [-0.2, 0) is 17.8 Å². The third-order valence-electron chi connectivity index (χ3n) is 5.70. The number of benzene rings is 1. The molecule has 1 atom stereocenters. The largest absolute Gasteiger partial charge is 0.447 e. The van der Waals surface area contributed by atoms with Crippen LogP contribution in [0.25, 0.3) is 0 Å². The van der Waals surface area contributed by atoms with Gasteiger partial charge in [-0.05, 0) is 12.8 Å². The van der Waals surface area contributed by atoms with Crippen LogP contribution in [-0.4, -0.2) is 71.0 Å². The third kappa shape index (κ3) is 5.66. The first-order valence-electron chi connectivity index (χ1n) is 10.6. The molecule has 2 aromatic rings. The highest BCUT2D eigenvalue weighted by Crippen LogP contribution is 2.20. The number of piperazine rings is 1. The number of carbonyl (C=O) groups is 1. The molecule has 4 rings (SSSR count). The van der Waals surface area contributed by atoms with Crippen molar-refractivity contribution < 1.29 is 18.9 Å². The van der Waals surface area contributed by atoms with Gasteiger partial charge >= 0.3 is 0 Å². The van der Waals surface area contributed by atoms with E-state index in [1.165, 1.54) is 6.26 Å². The first-order valence-corrected chi connectivity index (χ1v) is 10.6. The zero-order chi connectivity index (χ0) is 21.6. The molecule has 31 heavy (non-hydrogen) atoms. The van der Waals surface area contributed by atoms with Crippen molar-refractivity contribution >= 4 is 11.6 Å². The molecule has 1 amide bonds. The molecule has 0 bridgehead atoms. The maximum Gasteiger partial charge on any atom is 0.273 e. The van der Waals surface area contributed by atoms with E-state index in [1.807, 2.05) is 12.1 Å². The Bertz CT molecular complexity index is 903. The zero-order valence-corrected chi connectivity index (χ0v) is 17.4. The third-order valence-corrected chi connectivity index (χ3v) is 5.70. The lowest BCUT2D eigenvalue weighted by atomic mass is 10.1. The minimum atomic E-state index is -0.331. The Hall–Kier alpha value is -2.82. The van der Waals surface area contributed by atoms with Gasteiger partial charge in [-0.1, -0.05) is 18.2 Å². The molecule has 0 aliphatic carbocycles. The summed E-state index contributed by atoms with van der Waals surface area (Å²) in [5.41, 5.74) is 1.17. The second kappa shape index (κ2) is 9.99. The molecule has 0 saturated carbocycles. The van der Waals surface area contributed by atoms with Crippen LogP contribution >= 0.6 is 0 Å². The molecule has 2 fully saturated rings. The van der Waals surface area contributed by atoms with Crippen molar-refractivity contribution in [3.05, 3.63) is 57.8 Å². The van der Waals surface area contributed by atoms with Crippen LogP contribution < -0.4 is 5.32 Å². The van der Waals surface area contributed by atoms with E-state index >= 15 is 0 Å². The van der Waals surface area contributed by atoms with E-state index in [0.717, 1.165) is 51.2 Å². The molecule has 0 spiro atoms. The maximum absolute atomic E-state index is 12.2.